The van der Waals surface area contributed by atoms with E-state index in [1.165, 1.54) is 29.8 Å². The fourth-order valence-corrected chi connectivity index (χ4v) is 4.63. The van der Waals surface area contributed by atoms with E-state index in [0.29, 0.717) is 12.6 Å². The number of hydrogen-bond acceptors (Lipinski definition) is 5. The van der Waals surface area contributed by atoms with E-state index in [-0.39, 0.29) is 5.56 Å². The van der Waals surface area contributed by atoms with Crippen LogP contribution in [0.25, 0.3) is 11.3 Å². The van der Waals surface area contributed by atoms with Crippen molar-refractivity contribution >= 4 is 0 Å². The molecule has 3 aromatic rings. The standard InChI is InChI=1S/C22H26N6O/c29-22-10-9-19(16-5-3-11-23-13-16)26-28(22)14-17-6-4-12-27(17)15-21-18-7-1-2-8-20(18)24-25-21/h3,5,9-11,13,17H,1-2,4,6-8,12,14-15H2,(H,24,25). The van der Waals surface area contributed by atoms with Crippen LogP contribution in [0.1, 0.15) is 42.6 Å². The molecule has 1 unspecified atom stereocenters. The highest BCUT2D eigenvalue weighted by atomic mass is 16.1. The summed E-state index contributed by atoms with van der Waals surface area (Å²) >= 11 is 0. The number of H-pyrrole nitrogens is 1. The summed E-state index contributed by atoms with van der Waals surface area (Å²) < 4.78 is 1.62. The van der Waals surface area contributed by atoms with Crippen LogP contribution in [0.2, 0.25) is 0 Å². The van der Waals surface area contributed by atoms with Gasteiger partial charge in [0.1, 0.15) is 0 Å². The zero-order chi connectivity index (χ0) is 19.6. The molecule has 1 saturated heterocycles. The van der Waals surface area contributed by atoms with Gasteiger partial charge in [-0.25, -0.2) is 4.68 Å². The fraction of sp³-hybridized carbons (Fsp3) is 0.455. The SMILES string of the molecule is O=c1ccc(-c2cccnc2)nn1CC1CCCN1Cc1n[nH]c2c1CCCC2. The number of likely N-dealkylation sites (tertiary alicyclic amines) is 1. The highest BCUT2D eigenvalue weighted by Gasteiger charge is 2.28. The summed E-state index contributed by atoms with van der Waals surface area (Å²) in [6.45, 7) is 2.51. The molecule has 0 bridgehead atoms. The number of fused-ring (bicyclic) bond motifs is 1. The summed E-state index contributed by atoms with van der Waals surface area (Å²) in [6.07, 6.45) is 10.5. The summed E-state index contributed by atoms with van der Waals surface area (Å²) in [7, 11) is 0. The van der Waals surface area contributed by atoms with Crippen LogP contribution in [0, 0.1) is 0 Å². The number of nitrogens with zero attached hydrogens (tertiary/aromatic N) is 5. The molecule has 0 amide bonds. The largest absolute Gasteiger partial charge is 0.293 e. The van der Waals surface area contributed by atoms with Gasteiger partial charge in [-0.15, -0.1) is 0 Å². The molecule has 0 saturated carbocycles. The Morgan fingerprint density at radius 2 is 2.07 bits per heavy atom. The van der Waals surface area contributed by atoms with Crippen molar-refractivity contribution in [1.82, 2.24) is 29.9 Å². The van der Waals surface area contributed by atoms with Crippen molar-refractivity contribution in [1.29, 1.82) is 0 Å². The first kappa shape index (κ1) is 18.2. The Kier molecular flexibility index (Phi) is 4.97. The Balaban J connectivity index is 1.35. The minimum Gasteiger partial charge on any atom is -0.293 e. The van der Waals surface area contributed by atoms with Gasteiger partial charge in [0.2, 0.25) is 0 Å². The maximum Gasteiger partial charge on any atom is 0.266 e. The lowest BCUT2D eigenvalue weighted by Crippen LogP contribution is -2.37. The van der Waals surface area contributed by atoms with Crippen molar-refractivity contribution in [3.63, 3.8) is 0 Å². The zero-order valence-electron chi connectivity index (χ0n) is 16.5. The molecule has 29 heavy (non-hydrogen) atoms. The Bertz CT molecular complexity index is 1040. The molecular weight excluding hydrogens is 364 g/mol. The molecular formula is C22H26N6O. The summed E-state index contributed by atoms with van der Waals surface area (Å²) in [6, 6.07) is 7.54. The molecule has 1 atom stereocenters. The van der Waals surface area contributed by atoms with E-state index in [9.17, 15) is 4.79 Å². The van der Waals surface area contributed by atoms with Gasteiger partial charge >= 0.3 is 0 Å². The van der Waals surface area contributed by atoms with Crippen LogP contribution in [0.4, 0.5) is 0 Å². The van der Waals surface area contributed by atoms with Gasteiger partial charge < -0.3 is 0 Å². The molecule has 1 aliphatic heterocycles. The van der Waals surface area contributed by atoms with E-state index in [1.807, 2.05) is 12.1 Å². The van der Waals surface area contributed by atoms with Crippen LogP contribution in [0.5, 0.6) is 0 Å². The first-order valence-electron chi connectivity index (χ1n) is 10.6. The van der Waals surface area contributed by atoms with Crippen molar-refractivity contribution in [2.75, 3.05) is 6.54 Å². The molecule has 5 rings (SSSR count). The average Bonchev–Trinajstić information content (AvgIpc) is 3.38. The first-order chi connectivity index (χ1) is 14.3. The van der Waals surface area contributed by atoms with Gasteiger partial charge in [0.25, 0.3) is 5.56 Å². The molecule has 0 spiro atoms. The molecule has 7 nitrogen and oxygen atoms in total. The lowest BCUT2D eigenvalue weighted by atomic mass is 9.96. The fourth-order valence-electron chi connectivity index (χ4n) is 4.63. The second kappa shape index (κ2) is 7.91. The van der Waals surface area contributed by atoms with Crippen molar-refractivity contribution in [2.45, 2.75) is 57.7 Å². The Morgan fingerprint density at radius 1 is 1.14 bits per heavy atom. The molecule has 4 heterocycles. The highest BCUT2D eigenvalue weighted by molar-refractivity contribution is 5.56. The maximum atomic E-state index is 12.5. The van der Waals surface area contributed by atoms with Crippen LogP contribution in [-0.2, 0) is 25.9 Å². The predicted molar refractivity (Wildman–Crippen MR) is 110 cm³/mol. The highest BCUT2D eigenvalue weighted by Crippen LogP contribution is 2.26. The number of pyridine rings is 1. The van der Waals surface area contributed by atoms with Gasteiger partial charge in [0.05, 0.1) is 17.9 Å². The summed E-state index contributed by atoms with van der Waals surface area (Å²) in [4.78, 5) is 19.1. The molecule has 150 valence electrons. The smallest absolute Gasteiger partial charge is 0.266 e. The van der Waals surface area contributed by atoms with E-state index in [1.54, 1.807) is 29.2 Å². The van der Waals surface area contributed by atoms with Crippen LogP contribution < -0.4 is 5.56 Å². The van der Waals surface area contributed by atoms with E-state index in [4.69, 9.17) is 0 Å². The van der Waals surface area contributed by atoms with Crippen LogP contribution in [0.3, 0.4) is 0 Å². The number of aromatic amines is 1. The molecule has 7 heteroatoms. The van der Waals surface area contributed by atoms with Gasteiger partial charge in [0.15, 0.2) is 0 Å². The van der Waals surface area contributed by atoms with Gasteiger partial charge in [-0.05, 0) is 68.8 Å². The topological polar surface area (TPSA) is 79.7 Å². The Labute approximate surface area is 169 Å². The molecule has 0 aromatic carbocycles. The van der Waals surface area contributed by atoms with Crippen LogP contribution in [-0.4, -0.2) is 42.4 Å². The van der Waals surface area contributed by atoms with Crippen molar-refractivity contribution in [3.05, 3.63) is 64.0 Å². The quantitative estimate of drug-likeness (QED) is 0.724. The van der Waals surface area contributed by atoms with Crippen molar-refractivity contribution in [2.24, 2.45) is 0 Å². The number of aromatic nitrogens is 5. The Morgan fingerprint density at radius 3 is 2.97 bits per heavy atom. The van der Waals surface area contributed by atoms with Crippen molar-refractivity contribution in [3.8, 4) is 11.3 Å². The number of aryl methyl sites for hydroxylation is 1. The van der Waals surface area contributed by atoms with E-state index >= 15 is 0 Å². The molecule has 1 N–H and O–H groups in total. The predicted octanol–water partition coefficient (Wildman–Crippen LogP) is 2.57. The Hall–Kier alpha value is -2.80. The third-order valence-corrected chi connectivity index (χ3v) is 6.20. The molecule has 2 aliphatic rings. The van der Waals surface area contributed by atoms with Gasteiger partial charge in [-0.2, -0.15) is 10.2 Å². The molecule has 1 aliphatic carbocycles. The van der Waals surface area contributed by atoms with E-state index < -0.39 is 0 Å². The summed E-state index contributed by atoms with van der Waals surface area (Å²) in [5, 5.41) is 12.5. The minimum absolute atomic E-state index is 0.0540. The van der Waals surface area contributed by atoms with Gasteiger partial charge in [-0.3, -0.25) is 19.8 Å². The second-order valence-electron chi connectivity index (χ2n) is 8.08. The van der Waals surface area contributed by atoms with Gasteiger partial charge in [0, 0.05) is 42.3 Å². The van der Waals surface area contributed by atoms with Crippen LogP contribution >= 0.6 is 0 Å². The number of rotatable bonds is 5. The second-order valence-corrected chi connectivity index (χ2v) is 8.08. The first-order valence-corrected chi connectivity index (χ1v) is 10.6. The summed E-state index contributed by atoms with van der Waals surface area (Å²) in [5.41, 5.74) is 5.59. The third-order valence-electron chi connectivity index (χ3n) is 6.20. The number of hydrogen-bond donors (Lipinski definition) is 1. The zero-order valence-corrected chi connectivity index (χ0v) is 16.5. The van der Waals surface area contributed by atoms with E-state index in [0.717, 1.165) is 50.0 Å². The monoisotopic (exact) mass is 390 g/mol. The maximum absolute atomic E-state index is 12.5. The minimum atomic E-state index is -0.0540. The molecule has 1 fully saturated rings. The normalized spacial score (nSPS) is 19.4. The summed E-state index contributed by atoms with van der Waals surface area (Å²) in [5.74, 6) is 0. The van der Waals surface area contributed by atoms with Crippen molar-refractivity contribution < 1.29 is 0 Å². The number of nitrogens with one attached hydrogen (secondary N) is 1. The van der Waals surface area contributed by atoms with Crippen LogP contribution in [0.15, 0.2) is 41.5 Å². The lowest BCUT2D eigenvalue weighted by Gasteiger charge is -2.24. The van der Waals surface area contributed by atoms with E-state index in [2.05, 4.69) is 25.2 Å². The molecule has 0 radical (unpaired) electrons. The van der Waals surface area contributed by atoms with Gasteiger partial charge in [-0.1, -0.05) is 0 Å². The third kappa shape index (κ3) is 3.74. The lowest BCUT2D eigenvalue weighted by molar-refractivity contribution is 0.214. The molecule has 3 aromatic heterocycles. The average molecular weight is 390 g/mol.